The highest BCUT2D eigenvalue weighted by Gasteiger charge is 2.20. The summed E-state index contributed by atoms with van der Waals surface area (Å²) in [5, 5.41) is 0. The van der Waals surface area contributed by atoms with Crippen LogP contribution in [-0.4, -0.2) is 11.6 Å². The van der Waals surface area contributed by atoms with Gasteiger partial charge in [-0.3, -0.25) is 9.59 Å². The second-order valence-electron chi connectivity index (χ2n) is 3.46. The average molecular weight is 178 g/mol. The quantitative estimate of drug-likeness (QED) is 0.606. The SMILES string of the molecule is CCC(C)C1=CC(=O)C(C)=CC1=O. The highest BCUT2D eigenvalue weighted by molar-refractivity contribution is 6.19. The van der Waals surface area contributed by atoms with Gasteiger partial charge in [0.05, 0.1) is 0 Å². The first-order chi connectivity index (χ1) is 6.06. The number of hydrogen-bond acceptors (Lipinski definition) is 2. The second kappa shape index (κ2) is 3.69. The number of carbonyl (C=O) groups is 2. The maximum absolute atomic E-state index is 11.5. The highest BCUT2D eigenvalue weighted by Crippen LogP contribution is 2.20. The molecule has 0 aromatic heterocycles. The number of allylic oxidation sites excluding steroid dienone is 4. The van der Waals surface area contributed by atoms with Crippen molar-refractivity contribution in [1.82, 2.24) is 0 Å². The Bertz CT molecular complexity index is 308. The number of ketones is 2. The first-order valence-electron chi connectivity index (χ1n) is 4.54. The van der Waals surface area contributed by atoms with Crippen molar-refractivity contribution in [2.75, 3.05) is 0 Å². The van der Waals surface area contributed by atoms with Crippen LogP contribution >= 0.6 is 0 Å². The molecule has 0 fully saturated rings. The molecule has 0 radical (unpaired) electrons. The average Bonchev–Trinajstić information content (AvgIpc) is 2.10. The minimum atomic E-state index is -0.0325. The summed E-state index contributed by atoms with van der Waals surface area (Å²) in [6.45, 7) is 5.64. The molecule has 0 N–H and O–H groups in total. The molecule has 13 heavy (non-hydrogen) atoms. The summed E-state index contributed by atoms with van der Waals surface area (Å²) in [5.41, 5.74) is 1.19. The van der Waals surface area contributed by atoms with Gasteiger partial charge in [0, 0.05) is 11.1 Å². The smallest absolute Gasteiger partial charge is 0.182 e. The first-order valence-corrected chi connectivity index (χ1v) is 4.54. The first kappa shape index (κ1) is 9.90. The third kappa shape index (κ3) is 1.94. The summed E-state index contributed by atoms with van der Waals surface area (Å²) < 4.78 is 0. The highest BCUT2D eigenvalue weighted by atomic mass is 16.1. The summed E-state index contributed by atoms with van der Waals surface area (Å²) >= 11 is 0. The molecule has 1 rings (SSSR count). The van der Waals surface area contributed by atoms with Crippen LogP contribution in [0.4, 0.5) is 0 Å². The van der Waals surface area contributed by atoms with Gasteiger partial charge in [-0.25, -0.2) is 0 Å². The van der Waals surface area contributed by atoms with Gasteiger partial charge >= 0.3 is 0 Å². The molecule has 0 bridgehead atoms. The maximum atomic E-state index is 11.5. The van der Waals surface area contributed by atoms with Crippen LogP contribution in [0.3, 0.4) is 0 Å². The lowest BCUT2D eigenvalue weighted by Crippen LogP contribution is -2.16. The number of carbonyl (C=O) groups excluding carboxylic acids is 2. The topological polar surface area (TPSA) is 34.1 Å². The van der Waals surface area contributed by atoms with Crippen LogP contribution in [0.2, 0.25) is 0 Å². The zero-order chi connectivity index (χ0) is 10.0. The van der Waals surface area contributed by atoms with Gasteiger partial charge in [-0.1, -0.05) is 13.8 Å². The lowest BCUT2D eigenvalue weighted by molar-refractivity contribution is -0.115. The Balaban J connectivity index is 2.96. The van der Waals surface area contributed by atoms with E-state index in [1.165, 1.54) is 12.2 Å². The van der Waals surface area contributed by atoms with E-state index in [-0.39, 0.29) is 17.5 Å². The van der Waals surface area contributed by atoms with Crippen molar-refractivity contribution in [2.45, 2.75) is 27.2 Å². The molecule has 0 spiro atoms. The Kier molecular flexibility index (Phi) is 2.81. The van der Waals surface area contributed by atoms with Gasteiger partial charge in [-0.05, 0) is 31.4 Å². The van der Waals surface area contributed by atoms with Crippen LogP contribution in [0.5, 0.6) is 0 Å². The van der Waals surface area contributed by atoms with Crippen LogP contribution in [-0.2, 0) is 9.59 Å². The molecular weight excluding hydrogens is 164 g/mol. The van der Waals surface area contributed by atoms with Gasteiger partial charge in [0.25, 0.3) is 0 Å². The Labute approximate surface area is 78.3 Å². The molecule has 0 saturated heterocycles. The van der Waals surface area contributed by atoms with Crippen molar-refractivity contribution in [3.63, 3.8) is 0 Å². The monoisotopic (exact) mass is 178 g/mol. The molecule has 0 saturated carbocycles. The van der Waals surface area contributed by atoms with Gasteiger partial charge < -0.3 is 0 Å². The van der Waals surface area contributed by atoms with Crippen molar-refractivity contribution in [1.29, 1.82) is 0 Å². The van der Waals surface area contributed by atoms with Crippen LogP contribution in [0, 0.1) is 5.92 Å². The van der Waals surface area contributed by atoms with E-state index in [4.69, 9.17) is 0 Å². The molecule has 2 nitrogen and oxygen atoms in total. The molecule has 0 aromatic rings. The summed E-state index contributed by atoms with van der Waals surface area (Å²) in [6, 6.07) is 0. The summed E-state index contributed by atoms with van der Waals surface area (Å²) in [4.78, 5) is 22.7. The van der Waals surface area contributed by atoms with E-state index in [1.54, 1.807) is 6.92 Å². The normalized spacial score (nSPS) is 19.6. The van der Waals surface area contributed by atoms with Crippen LogP contribution in [0.25, 0.3) is 0 Å². The van der Waals surface area contributed by atoms with Crippen LogP contribution in [0.15, 0.2) is 23.3 Å². The minimum absolute atomic E-state index is 0.00792. The number of hydrogen-bond donors (Lipinski definition) is 0. The van der Waals surface area contributed by atoms with Crippen molar-refractivity contribution in [3.8, 4) is 0 Å². The fourth-order valence-electron chi connectivity index (χ4n) is 1.28. The van der Waals surface area contributed by atoms with Gasteiger partial charge in [0.15, 0.2) is 11.6 Å². The van der Waals surface area contributed by atoms with E-state index in [0.29, 0.717) is 11.1 Å². The maximum Gasteiger partial charge on any atom is 0.182 e. The van der Waals surface area contributed by atoms with Gasteiger partial charge in [-0.15, -0.1) is 0 Å². The largest absolute Gasteiger partial charge is 0.290 e. The van der Waals surface area contributed by atoms with E-state index >= 15 is 0 Å². The summed E-state index contributed by atoms with van der Waals surface area (Å²) in [7, 11) is 0. The lowest BCUT2D eigenvalue weighted by Gasteiger charge is -2.14. The third-order valence-electron chi connectivity index (χ3n) is 2.45. The molecular formula is C11H14O2. The van der Waals surface area contributed by atoms with Crippen molar-refractivity contribution < 1.29 is 9.59 Å². The fraction of sp³-hybridized carbons (Fsp3) is 0.455. The molecule has 0 amide bonds. The van der Waals surface area contributed by atoms with Crippen molar-refractivity contribution in [2.24, 2.45) is 5.92 Å². The standard InChI is InChI=1S/C11H14O2/c1-4-7(2)9-6-10(12)8(3)5-11(9)13/h5-7H,4H2,1-3H3. The minimum Gasteiger partial charge on any atom is -0.290 e. The van der Waals surface area contributed by atoms with Gasteiger partial charge in [0.1, 0.15) is 0 Å². The van der Waals surface area contributed by atoms with E-state index < -0.39 is 0 Å². The third-order valence-corrected chi connectivity index (χ3v) is 2.45. The van der Waals surface area contributed by atoms with Crippen molar-refractivity contribution >= 4 is 11.6 Å². The van der Waals surface area contributed by atoms with E-state index in [9.17, 15) is 9.59 Å². The van der Waals surface area contributed by atoms with E-state index in [2.05, 4.69) is 0 Å². The van der Waals surface area contributed by atoms with Crippen LogP contribution in [0.1, 0.15) is 27.2 Å². The molecule has 2 heteroatoms. The summed E-state index contributed by atoms with van der Waals surface area (Å²) in [6.07, 6.45) is 3.80. The fourth-order valence-corrected chi connectivity index (χ4v) is 1.28. The molecule has 1 aliphatic rings. The zero-order valence-electron chi connectivity index (χ0n) is 8.26. The Morgan fingerprint density at radius 1 is 1.23 bits per heavy atom. The molecule has 0 heterocycles. The molecule has 1 atom stereocenters. The second-order valence-corrected chi connectivity index (χ2v) is 3.46. The van der Waals surface area contributed by atoms with E-state index in [1.807, 2.05) is 13.8 Å². The molecule has 70 valence electrons. The Morgan fingerprint density at radius 3 is 2.38 bits per heavy atom. The molecule has 1 aliphatic carbocycles. The van der Waals surface area contributed by atoms with Gasteiger partial charge in [-0.2, -0.15) is 0 Å². The van der Waals surface area contributed by atoms with Crippen molar-refractivity contribution in [3.05, 3.63) is 23.3 Å². The Morgan fingerprint density at radius 2 is 1.85 bits per heavy atom. The number of rotatable bonds is 2. The van der Waals surface area contributed by atoms with E-state index in [0.717, 1.165) is 6.42 Å². The molecule has 1 unspecified atom stereocenters. The zero-order valence-corrected chi connectivity index (χ0v) is 8.26. The van der Waals surface area contributed by atoms with Gasteiger partial charge in [0.2, 0.25) is 0 Å². The van der Waals surface area contributed by atoms with Crippen LogP contribution < -0.4 is 0 Å². The predicted octanol–water partition coefficient (Wildman–Crippen LogP) is 2.06. The lowest BCUT2D eigenvalue weighted by atomic mass is 9.88. The Hall–Kier alpha value is -1.18. The predicted molar refractivity (Wildman–Crippen MR) is 51.3 cm³/mol. The summed E-state index contributed by atoms with van der Waals surface area (Å²) in [5.74, 6) is 0.141. The molecule has 0 aromatic carbocycles. The molecule has 0 aliphatic heterocycles.